The second kappa shape index (κ2) is 5.82. The number of nitrogens with zero attached hydrogens (tertiary/aromatic N) is 2. The highest BCUT2D eigenvalue weighted by Gasteiger charge is 2.22. The quantitative estimate of drug-likeness (QED) is 0.789. The highest BCUT2D eigenvalue weighted by molar-refractivity contribution is 5.80. The molecule has 1 N–H and O–H groups in total. The maximum Gasteiger partial charge on any atom is 0.249 e. The molecule has 0 saturated heterocycles. The minimum absolute atomic E-state index is 0.0644. The van der Waals surface area contributed by atoms with Crippen LogP contribution < -0.4 is 5.32 Å². The third-order valence-corrected chi connectivity index (χ3v) is 3.11. The van der Waals surface area contributed by atoms with Gasteiger partial charge in [0.15, 0.2) is 0 Å². The highest BCUT2D eigenvalue weighted by atomic mass is 16.5. The van der Waals surface area contributed by atoms with Gasteiger partial charge in [0.25, 0.3) is 0 Å². The zero-order chi connectivity index (χ0) is 13.0. The number of aromatic nitrogens is 2. The molecule has 0 fully saturated rings. The number of hydrogen-bond donors (Lipinski definition) is 1. The lowest BCUT2D eigenvalue weighted by atomic mass is 10.1. The first-order chi connectivity index (χ1) is 8.70. The number of imidazole rings is 1. The Bertz CT molecular complexity index is 428. The van der Waals surface area contributed by atoms with Crippen molar-refractivity contribution < 1.29 is 9.53 Å². The maximum atomic E-state index is 11.9. The Kier molecular flexibility index (Phi) is 4.15. The van der Waals surface area contributed by atoms with Crippen molar-refractivity contribution in [1.82, 2.24) is 14.9 Å². The summed E-state index contributed by atoms with van der Waals surface area (Å²) >= 11 is 0. The van der Waals surface area contributed by atoms with Gasteiger partial charge < -0.3 is 14.6 Å². The van der Waals surface area contributed by atoms with Gasteiger partial charge in [-0.15, -0.1) is 6.58 Å². The first-order valence-electron chi connectivity index (χ1n) is 6.23. The molecule has 2 heterocycles. The van der Waals surface area contributed by atoms with Crippen molar-refractivity contribution in [3.63, 3.8) is 0 Å². The first kappa shape index (κ1) is 12.8. The number of aryl methyl sites for hydroxylation is 1. The largest absolute Gasteiger partial charge is 0.365 e. The minimum atomic E-state index is -0.438. The number of ether oxygens (including phenoxy) is 1. The molecule has 1 aromatic heterocycles. The minimum Gasteiger partial charge on any atom is -0.365 e. The normalized spacial score (nSPS) is 19.9. The van der Waals surface area contributed by atoms with E-state index in [-0.39, 0.29) is 11.9 Å². The van der Waals surface area contributed by atoms with Crippen LogP contribution in [0.4, 0.5) is 0 Å². The summed E-state index contributed by atoms with van der Waals surface area (Å²) < 4.78 is 7.39. The molecular formula is C13H19N3O2. The molecule has 98 valence electrons. The van der Waals surface area contributed by atoms with Crippen LogP contribution in [-0.2, 0) is 22.5 Å². The number of carbonyl (C=O) groups excluding carboxylic acids is 1. The van der Waals surface area contributed by atoms with Crippen LogP contribution in [0.15, 0.2) is 25.0 Å². The summed E-state index contributed by atoms with van der Waals surface area (Å²) in [5.74, 6) is 1.03. The van der Waals surface area contributed by atoms with E-state index >= 15 is 0 Å². The molecule has 18 heavy (non-hydrogen) atoms. The van der Waals surface area contributed by atoms with E-state index in [9.17, 15) is 4.79 Å². The monoisotopic (exact) mass is 249 g/mol. The van der Waals surface area contributed by atoms with Crippen LogP contribution in [-0.4, -0.2) is 34.2 Å². The number of fused-ring (bicyclic) bond motifs is 1. The molecule has 1 amide bonds. The van der Waals surface area contributed by atoms with Gasteiger partial charge in [-0.1, -0.05) is 6.08 Å². The summed E-state index contributed by atoms with van der Waals surface area (Å²) in [6, 6.07) is 0.161. The van der Waals surface area contributed by atoms with Gasteiger partial charge in [0, 0.05) is 31.4 Å². The van der Waals surface area contributed by atoms with Crippen molar-refractivity contribution >= 4 is 5.91 Å². The van der Waals surface area contributed by atoms with Gasteiger partial charge in [0.05, 0.1) is 6.61 Å². The standard InChI is InChI=1S/C13H19N3O2/c1-3-8-18-10(2)13(17)15-11-4-5-12-14-6-7-16(12)9-11/h3,6-7,10-11H,1,4-5,8-9H2,2H3,(H,15,17)/t10-,11-/m1/s1. The third kappa shape index (κ3) is 2.98. The van der Waals surface area contributed by atoms with Crippen LogP contribution in [0.5, 0.6) is 0 Å². The molecule has 0 radical (unpaired) electrons. The second-order valence-corrected chi connectivity index (χ2v) is 4.50. The predicted octanol–water partition coefficient (Wildman–Crippen LogP) is 0.905. The Balaban J connectivity index is 1.84. The van der Waals surface area contributed by atoms with Crippen molar-refractivity contribution in [2.75, 3.05) is 6.61 Å². The van der Waals surface area contributed by atoms with Crippen LogP contribution in [0.25, 0.3) is 0 Å². The van der Waals surface area contributed by atoms with Crippen molar-refractivity contribution in [2.45, 2.75) is 38.5 Å². The molecule has 0 saturated carbocycles. The SMILES string of the molecule is C=CCO[C@H](C)C(=O)N[C@@H]1CCc2nccn2C1. The Morgan fingerprint density at radius 1 is 1.83 bits per heavy atom. The van der Waals surface area contributed by atoms with E-state index in [0.717, 1.165) is 25.2 Å². The average Bonchev–Trinajstić information content (AvgIpc) is 2.83. The summed E-state index contributed by atoms with van der Waals surface area (Å²) in [5, 5.41) is 3.01. The van der Waals surface area contributed by atoms with E-state index in [1.54, 1.807) is 19.2 Å². The van der Waals surface area contributed by atoms with Crippen LogP contribution >= 0.6 is 0 Å². The number of nitrogens with one attached hydrogen (secondary N) is 1. The molecule has 1 aliphatic rings. The van der Waals surface area contributed by atoms with E-state index in [1.807, 2.05) is 6.20 Å². The molecule has 2 rings (SSSR count). The Morgan fingerprint density at radius 3 is 3.44 bits per heavy atom. The topological polar surface area (TPSA) is 56.1 Å². The average molecular weight is 249 g/mol. The van der Waals surface area contributed by atoms with Crippen LogP contribution in [0.2, 0.25) is 0 Å². The van der Waals surface area contributed by atoms with E-state index in [0.29, 0.717) is 6.61 Å². The Hall–Kier alpha value is -1.62. The summed E-state index contributed by atoms with van der Waals surface area (Å²) in [6.07, 6.45) is 6.78. The van der Waals surface area contributed by atoms with Crippen molar-refractivity contribution in [2.24, 2.45) is 0 Å². The van der Waals surface area contributed by atoms with E-state index in [4.69, 9.17) is 4.74 Å². The van der Waals surface area contributed by atoms with Crippen LogP contribution in [0.1, 0.15) is 19.2 Å². The zero-order valence-electron chi connectivity index (χ0n) is 10.6. The molecule has 5 heteroatoms. The number of rotatable bonds is 5. The van der Waals surface area contributed by atoms with E-state index < -0.39 is 6.10 Å². The second-order valence-electron chi connectivity index (χ2n) is 4.50. The van der Waals surface area contributed by atoms with Gasteiger partial charge in [0.1, 0.15) is 11.9 Å². The summed E-state index contributed by atoms with van der Waals surface area (Å²) in [4.78, 5) is 16.1. The number of carbonyl (C=O) groups is 1. The van der Waals surface area contributed by atoms with E-state index in [1.165, 1.54) is 0 Å². The zero-order valence-corrected chi connectivity index (χ0v) is 10.6. The summed E-state index contributed by atoms with van der Waals surface area (Å²) in [7, 11) is 0. The maximum absolute atomic E-state index is 11.9. The fourth-order valence-electron chi connectivity index (χ4n) is 2.09. The molecule has 1 aliphatic heterocycles. The molecule has 2 atom stereocenters. The molecule has 5 nitrogen and oxygen atoms in total. The predicted molar refractivity (Wildman–Crippen MR) is 68.1 cm³/mol. The van der Waals surface area contributed by atoms with Gasteiger partial charge in [-0.25, -0.2) is 4.98 Å². The van der Waals surface area contributed by atoms with Gasteiger partial charge >= 0.3 is 0 Å². The lowest BCUT2D eigenvalue weighted by molar-refractivity contribution is -0.132. The van der Waals surface area contributed by atoms with Crippen LogP contribution in [0.3, 0.4) is 0 Å². The van der Waals surface area contributed by atoms with Crippen molar-refractivity contribution in [3.8, 4) is 0 Å². The summed E-state index contributed by atoms with van der Waals surface area (Å²) in [6.45, 7) is 6.49. The lowest BCUT2D eigenvalue weighted by Crippen LogP contribution is -2.45. The van der Waals surface area contributed by atoms with Crippen molar-refractivity contribution in [1.29, 1.82) is 0 Å². The molecule has 0 spiro atoms. The van der Waals surface area contributed by atoms with E-state index in [2.05, 4.69) is 21.4 Å². The summed E-state index contributed by atoms with van der Waals surface area (Å²) in [5.41, 5.74) is 0. The highest BCUT2D eigenvalue weighted by Crippen LogP contribution is 2.13. The smallest absolute Gasteiger partial charge is 0.249 e. The molecule has 0 aromatic carbocycles. The number of amides is 1. The Morgan fingerprint density at radius 2 is 2.67 bits per heavy atom. The molecule has 0 aliphatic carbocycles. The van der Waals surface area contributed by atoms with Gasteiger partial charge in [0.2, 0.25) is 5.91 Å². The van der Waals surface area contributed by atoms with Crippen LogP contribution in [0, 0.1) is 0 Å². The molecule has 0 unspecified atom stereocenters. The number of hydrogen-bond acceptors (Lipinski definition) is 3. The Labute approximate surface area is 107 Å². The van der Waals surface area contributed by atoms with Gasteiger partial charge in [-0.2, -0.15) is 0 Å². The fraction of sp³-hybridized carbons (Fsp3) is 0.538. The molecular weight excluding hydrogens is 230 g/mol. The van der Waals surface area contributed by atoms with Crippen molar-refractivity contribution in [3.05, 3.63) is 30.9 Å². The van der Waals surface area contributed by atoms with Gasteiger partial charge in [-0.3, -0.25) is 4.79 Å². The molecule has 0 bridgehead atoms. The molecule has 1 aromatic rings. The fourth-order valence-corrected chi connectivity index (χ4v) is 2.09. The van der Waals surface area contributed by atoms with Gasteiger partial charge in [-0.05, 0) is 13.3 Å². The first-order valence-corrected chi connectivity index (χ1v) is 6.23. The third-order valence-electron chi connectivity index (χ3n) is 3.11. The lowest BCUT2D eigenvalue weighted by Gasteiger charge is -2.26.